The van der Waals surface area contributed by atoms with Gasteiger partial charge in [-0.1, -0.05) is 83.6 Å². The zero-order chi connectivity index (χ0) is 16.4. The summed E-state index contributed by atoms with van der Waals surface area (Å²) in [4.78, 5) is 0. The predicted octanol–water partition coefficient (Wildman–Crippen LogP) is 5.14. The third-order valence-corrected chi connectivity index (χ3v) is 5.51. The number of hydrogen-bond donors (Lipinski definition) is 0. The molecule has 0 radical (unpaired) electrons. The van der Waals surface area contributed by atoms with Gasteiger partial charge in [-0.05, 0) is 18.6 Å². The largest absolute Gasteiger partial charge is 0.243 e. The van der Waals surface area contributed by atoms with Crippen LogP contribution in [-0.4, -0.2) is 0 Å². The van der Waals surface area contributed by atoms with Crippen LogP contribution in [-0.2, 0) is 13.0 Å². The van der Waals surface area contributed by atoms with Gasteiger partial charge >= 0.3 is 0 Å². The van der Waals surface area contributed by atoms with E-state index in [0.717, 1.165) is 13.0 Å². The van der Waals surface area contributed by atoms with E-state index in [2.05, 4.69) is 90.4 Å². The fraction of sp³-hybridized carbons (Fsp3) is 0.136. The van der Waals surface area contributed by atoms with E-state index in [1.165, 1.54) is 31.9 Å². The van der Waals surface area contributed by atoms with Gasteiger partial charge in [-0.2, -0.15) is 4.57 Å². The number of rotatable bonds is 4. The van der Waals surface area contributed by atoms with Crippen LogP contribution in [0.3, 0.4) is 0 Å². The summed E-state index contributed by atoms with van der Waals surface area (Å²) in [5, 5.41) is 1.41. The summed E-state index contributed by atoms with van der Waals surface area (Å²) in [6.45, 7) is 3.06. The van der Waals surface area contributed by atoms with Crippen molar-refractivity contribution in [3.05, 3.63) is 101 Å². The topological polar surface area (TPSA) is 3.88 Å². The van der Waals surface area contributed by atoms with E-state index in [-0.39, 0.29) is 0 Å². The number of benzene rings is 3. The van der Waals surface area contributed by atoms with Gasteiger partial charge < -0.3 is 0 Å². The number of aromatic nitrogens is 1. The summed E-state index contributed by atoms with van der Waals surface area (Å²) < 4.78 is 3.82. The Hall–Kier alpha value is -2.45. The normalized spacial score (nSPS) is 11.0. The van der Waals surface area contributed by atoms with E-state index in [1.807, 2.05) is 11.3 Å². The highest BCUT2D eigenvalue weighted by Gasteiger charge is 2.20. The van der Waals surface area contributed by atoms with Crippen LogP contribution in [0.1, 0.15) is 21.7 Å². The lowest BCUT2D eigenvalue weighted by molar-refractivity contribution is -0.665. The molecule has 0 aliphatic rings. The average Bonchev–Trinajstić information content (AvgIpc) is 2.95. The van der Waals surface area contributed by atoms with Crippen LogP contribution >= 0.6 is 11.3 Å². The van der Waals surface area contributed by atoms with Crippen LogP contribution < -0.4 is 4.57 Å². The second kappa shape index (κ2) is 6.58. The zero-order valence-electron chi connectivity index (χ0n) is 13.8. The fourth-order valence-corrected chi connectivity index (χ4v) is 4.23. The van der Waals surface area contributed by atoms with Crippen molar-refractivity contribution in [3.8, 4) is 0 Å². The first kappa shape index (κ1) is 15.1. The molecule has 4 rings (SSSR count). The Labute approximate surface area is 146 Å². The summed E-state index contributed by atoms with van der Waals surface area (Å²) in [5.41, 5.74) is 5.35. The van der Waals surface area contributed by atoms with Gasteiger partial charge in [-0.25, -0.2) is 0 Å². The quantitative estimate of drug-likeness (QED) is 0.456. The molecule has 0 aliphatic heterocycles. The van der Waals surface area contributed by atoms with Crippen molar-refractivity contribution in [2.75, 3.05) is 0 Å². The zero-order valence-corrected chi connectivity index (χ0v) is 14.6. The van der Waals surface area contributed by atoms with Crippen LogP contribution in [0, 0.1) is 6.92 Å². The second-order valence-corrected chi connectivity index (χ2v) is 7.31. The standard InChI is InChI=1S/C22H20NS/c1-17-11-13-18(14-12-17)15-22-23(16-19-7-3-2-4-8-19)20-9-5-6-10-21(20)24-22/h2-14H,15-16H2,1H3/q+1. The number of thiazole rings is 1. The molecule has 0 unspecified atom stereocenters. The lowest BCUT2D eigenvalue weighted by Crippen LogP contribution is -2.37. The third-order valence-electron chi connectivity index (χ3n) is 4.34. The summed E-state index contributed by atoms with van der Waals surface area (Å²) in [6.07, 6.45) is 0.979. The SMILES string of the molecule is Cc1ccc(Cc2sc3ccccc3[n+]2Cc2ccccc2)cc1. The highest BCUT2D eigenvalue weighted by molar-refractivity contribution is 7.18. The summed E-state index contributed by atoms with van der Waals surface area (Å²) in [7, 11) is 0. The molecule has 1 aromatic heterocycles. The molecule has 0 saturated carbocycles. The number of aryl methyl sites for hydroxylation is 1. The molecule has 24 heavy (non-hydrogen) atoms. The van der Waals surface area contributed by atoms with E-state index in [1.54, 1.807) is 0 Å². The Bertz CT molecular complexity index is 952. The van der Waals surface area contributed by atoms with Crippen LogP contribution in [0.2, 0.25) is 0 Å². The highest BCUT2D eigenvalue weighted by Crippen LogP contribution is 2.23. The van der Waals surface area contributed by atoms with E-state index >= 15 is 0 Å². The van der Waals surface area contributed by atoms with Crippen LogP contribution in [0.4, 0.5) is 0 Å². The summed E-state index contributed by atoms with van der Waals surface area (Å²) >= 11 is 1.91. The first-order valence-corrected chi connectivity index (χ1v) is 9.11. The van der Waals surface area contributed by atoms with Gasteiger partial charge in [-0.3, -0.25) is 0 Å². The molecule has 0 fully saturated rings. The van der Waals surface area contributed by atoms with Gasteiger partial charge in [0.05, 0.1) is 6.42 Å². The Kier molecular flexibility index (Phi) is 4.14. The lowest BCUT2D eigenvalue weighted by atomic mass is 10.1. The monoisotopic (exact) mass is 330 g/mol. The van der Waals surface area contributed by atoms with Crippen LogP contribution in [0.25, 0.3) is 10.2 Å². The number of para-hydroxylation sites is 1. The average molecular weight is 330 g/mol. The van der Waals surface area contributed by atoms with E-state index in [9.17, 15) is 0 Å². The third kappa shape index (κ3) is 3.10. The molecular weight excluding hydrogens is 310 g/mol. The molecule has 0 N–H and O–H groups in total. The van der Waals surface area contributed by atoms with Crippen molar-refractivity contribution in [1.29, 1.82) is 0 Å². The smallest absolute Gasteiger partial charge is 0.181 e. The molecule has 118 valence electrons. The van der Waals surface area contributed by atoms with Crippen molar-refractivity contribution < 1.29 is 4.57 Å². The minimum absolute atomic E-state index is 0.923. The molecule has 0 bridgehead atoms. The molecule has 4 aromatic rings. The predicted molar refractivity (Wildman–Crippen MR) is 102 cm³/mol. The van der Waals surface area contributed by atoms with E-state index < -0.39 is 0 Å². The van der Waals surface area contributed by atoms with E-state index in [0.29, 0.717) is 0 Å². The number of hydrogen-bond acceptors (Lipinski definition) is 1. The number of fused-ring (bicyclic) bond motifs is 1. The molecule has 0 atom stereocenters. The van der Waals surface area contributed by atoms with Crippen molar-refractivity contribution in [2.45, 2.75) is 19.9 Å². The van der Waals surface area contributed by atoms with Gasteiger partial charge in [-0.15, -0.1) is 0 Å². The summed E-state index contributed by atoms with van der Waals surface area (Å²) in [6, 6.07) is 28.3. The lowest BCUT2D eigenvalue weighted by Gasteiger charge is -2.02. The van der Waals surface area contributed by atoms with Gasteiger partial charge in [0.2, 0.25) is 10.5 Å². The van der Waals surface area contributed by atoms with Crippen LogP contribution in [0.5, 0.6) is 0 Å². The van der Waals surface area contributed by atoms with Crippen molar-refractivity contribution in [2.24, 2.45) is 0 Å². The maximum absolute atomic E-state index is 2.47. The molecule has 2 heteroatoms. The van der Waals surface area contributed by atoms with Crippen molar-refractivity contribution in [1.82, 2.24) is 0 Å². The Morgan fingerprint density at radius 1 is 0.750 bits per heavy atom. The first-order chi connectivity index (χ1) is 11.8. The minimum Gasteiger partial charge on any atom is -0.181 e. The fourth-order valence-electron chi connectivity index (χ4n) is 3.03. The van der Waals surface area contributed by atoms with E-state index in [4.69, 9.17) is 0 Å². The molecule has 3 aromatic carbocycles. The van der Waals surface area contributed by atoms with Crippen LogP contribution in [0.15, 0.2) is 78.9 Å². The van der Waals surface area contributed by atoms with Crippen molar-refractivity contribution in [3.63, 3.8) is 0 Å². The molecule has 0 amide bonds. The molecule has 0 saturated heterocycles. The van der Waals surface area contributed by atoms with Gasteiger partial charge in [0.25, 0.3) is 0 Å². The maximum atomic E-state index is 2.47. The molecule has 0 spiro atoms. The number of nitrogens with zero attached hydrogens (tertiary/aromatic N) is 1. The van der Waals surface area contributed by atoms with Gasteiger partial charge in [0, 0.05) is 11.6 Å². The van der Waals surface area contributed by atoms with Gasteiger partial charge in [0.1, 0.15) is 4.70 Å². The molecule has 1 nitrogen and oxygen atoms in total. The first-order valence-electron chi connectivity index (χ1n) is 8.29. The Balaban J connectivity index is 1.76. The Morgan fingerprint density at radius 2 is 1.46 bits per heavy atom. The maximum Gasteiger partial charge on any atom is 0.243 e. The molecule has 0 aliphatic carbocycles. The molecular formula is C22H20NS+. The summed E-state index contributed by atoms with van der Waals surface area (Å²) in [5.74, 6) is 0. The Morgan fingerprint density at radius 3 is 2.25 bits per heavy atom. The highest BCUT2D eigenvalue weighted by atomic mass is 32.1. The van der Waals surface area contributed by atoms with Crippen molar-refractivity contribution >= 4 is 21.6 Å². The van der Waals surface area contributed by atoms with Gasteiger partial charge in [0.15, 0.2) is 6.54 Å². The minimum atomic E-state index is 0.923. The molecule has 1 heterocycles. The second-order valence-electron chi connectivity index (χ2n) is 6.20.